The molecule has 1 aromatic heterocycles. The van der Waals surface area contributed by atoms with Crippen molar-refractivity contribution >= 4 is 15.7 Å². The van der Waals surface area contributed by atoms with Gasteiger partial charge in [0.2, 0.25) is 0 Å². The zero-order valence-electron chi connectivity index (χ0n) is 16.2. The topological polar surface area (TPSA) is 115 Å². The number of pyridine rings is 1. The van der Waals surface area contributed by atoms with Gasteiger partial charge in [-0.3, -0.25) is 14.8 Å². The largest absolute Gasteiger partial charge is 0.573 e. The number of benzene rings is 1. The van der Waals surface area contributed by atoms with Gasteiger partial charge in [0, 0.05) is 30.6 Å². The first kappa shape index (κ1) is 24.3. The number of carbonyl (C=O) groups is 1. The normalized spacial score (nSPS) is 14.0. The van der Waals surface area contributed by atoms with Crippen molar-refractivity contribution in [1.29, 1.82) is 0 Å². The highest BCUT2D eigenvalue weighted by Gasteiger charge is 2.43. The van der Waals surface area contributed by atoms with E-state index in [1.165, 1.54) is 5.48 Å². The Labute approximate surface area is 173 Å². The van der Waals surface area contributed by atoms with Gasteiger partial charge in [-0.15, -0.1) is 13.2 Å². The first-order valence-electron chi connectivity index (χ1n) is 8.58. The maximum absolute atomic E-state index is 14.6. The van der Waals surface area contributed by atoms with Crippen LogP contribution in [0.1, 0.15) is 13.3 Å². The van der Waals surface area contributed by atoms with E-state index < -0.39 is 50.4 Å². The molecule has 0 unspecified atom stereocenters. The monoisotopic (exact) mass is 466 g/mol. The minimum atomic E-state index is -4.89. The number of carbonyl (C=O) groups excluding carboxylic acids is 1. The van der Waals surface area contributed by atoms with E-state index in [-0.39, 0.29) is 17.7 Å². The molecule has 0 aliphatic heterocycles. The fraction of sp³-hybridized carbons (Fsp3) is 0.333. The average molecular weight is 466 g/mol. The van der Waals surface area contributed by atoms with E-state index in [9.17, 15) is 35.6 Å². The van der Waals surface area contributed by atoms with Crippen LogP contribution < -0.4 is 15.8 Å². The maximum atomic E-state index is 14.6. The molecular formula is C18H18F4N2O6S. The van der Waals surface area contributed by atoms with E-state index in [1.807, 2.05) is 0 Å². The van der Waals surface area contributed by atoms with Gasteiger partial charge >= 0.3 is 6.36 Å². The van der Waals surface area contributed by atoms with Gasteiger partial charge < -0.3 is 9.30 Å². The van der Waals surface area contributed by atoms with Gasteiger partial charge in [-0.1, -0.05) is 12.1 Å². The van der Waals surface area contributed by atoms with Crippen LogP contribution in [0.15, 0.2) is 41.3 Å². The number of nitrogens with zero attached hydrogens (tertiary/aromatic N) is 1. The van der Waals surface area contributed by atoms with Crippen molar-refractivity contribution in [2.24, 2.45) is 0 Å². The number of amides is 1. The van der Waals surface area contributed by atoms with Crippen LogP contribution in [-0.4, -0.2) is 41.5 Å². The molecule has 1 aromatic carbocycles. The highest BCUT2D eigenvalue weighted by molar-refractivity contribution is 7.92. The number of hydrogen-bond donors (Lipinski definition) is 2. The lowest BCUT2D eigenvalue weighted by molar-refractivity contribution is -0.274. The van der Waals surface area contributed by atoms with E-state index in [4.69, 9.17) is 5.21 Å². The minimum Gasteiger partial charge on any atom is -0.406 e. The van der Waals surface area contributed by atoms with E-state index in [2.05, 4.69) is 4.74 Å². The number of hydrogen-bond acceptors (Lipinski definition) is 6. The van der Waals surface area contributed by atoms with Crippen molar-refractivity contribution < 1.29 is 40.7 Å². The number of rotatable bonds is 7. The van der Waals surface area contributed by atoms with Gasteiger partial charge in [0.25, 0.3) is 11.5 Å². The molecule has 170 valence electrons. The van der Waals surface area contributed by atoms with Crippen molar-refractivity contribution in [3.05, 3.63) is 52.7 Å². The van der Waals surface area contributed by atoms with Gasteiger partial charge in [-0.2, -0.15) is 0 Å². The Bertz CT molecular complexity index is 1130. The second-order valence-corrected chi connectivity index (χ2v) is 9.28. The minimum absolute atomic E-state index is 0.108. The zero-order valence-corrected chi connectivity index (χ0v) is 17.1. The Morgan fingerprint density at radius 3 is 2.29 bits per heavy atom. The standard InChI is InChI=1S/C18H18F4N2O6S/c1-17(16(26)23-27,31(2,28)29)7-8-24-10-14(19)13(9-15(24)25)11-3-5-12(6-4-11)30-18(20,21)22/h3-6,9-10,27H,7-8H2,1-2H3,(H,23,26)/t17-/m1/s1. The fourth-order valence-corrected chi connectivity index (χ4v) is 3.54. The van der Waals surface area contributed by atoms with Crippen LogP contribution in [0.5, 0.6) is 5.75 Å². The zero-order chi connectivity index (χ0) is 23.6. The molecule has 1 atom stereocenters. The Balaban J connectivity index is 2.30. The van der Waals surface area contributed by atoms with Gasteiger partial charge in [-0.25, -0.2) is 18.3 Å². The number of aryl methyl sites for hydroxylation is 1. The van der Waals surface area contributed by atoms with Crippen molar-refractivity contribution in [3.8, 4) is 16.9 Å². The summed E-state index contributed by atoms with van der Waals surface area (Å²) in [6.07, 6.45) is -3.76. The lowest BCUT2D eigenvalue weighted by Gasteiger charge is -2.25. The molecule has 8 nitrogen and oxygen atoms in total. The molecule has 0 saturated heterocycles. The molecule has 2 rings (SSSR count). The summed E-state index contributed by atoms with van der Waals surface area (Å²) < 4.78 is 77.7. The van der Waals surface area contributed by atoms with Crippen LogP contribution >= 0.6 is 0 Å². The van der Waals surface area contributed by atoms with Crippen LogP contribution in [0.2, 0.25) is 0 Å². The average Bonchev–Trinajstić information content (AvgIpc) is 2.66. The summed E-state index contributed by atoms with van der Waals surface area (Å²) >= 11 is 0. The summed E-state index contributed by atoms with van der Waals surface area (Å²) in [4.78, 5) is 24.2. The van der Waals surface area contributed by atoms with Crippen LogP contribution in [-0.2, 0) is 21.2 Å². The maximum Gasteiger partial charge on any atom is 0.573 e. The van der Waals surface area contributed by atoms with Crippen molar-refractivity contribution in [3.63, 3.8) is 0 Å². The second-order valence-electron chi connectivity index (χ2n) is 6.83. The molecule has 1 heterocycles. The molecule has 2 aromatic rings. The number of sulfone groups is 1. The summed E-state index contributed by atoms with van der Waals surface area (Å²) in [5.41, 5.74) is 0.433. The summed E-state index contributed by atoms with van der Waals surface area (Å²) in [5, 5.41) is 8.81. The van der Waals surface area contributed by atoms with Crippen molar-refractivity contribution in [2.45, 2.75) is 31.0 Å². The number of nitrogens with one attached hydrogen (secondary N) is 1. The molecule has 0 spiro atoms. The molecule has 0 aliphatic rings. The molecular weight excluding hydrogens is 448 g/mol. The fourth-order valence-electron chi connectivity index (χ4n) is 2.70. The molecule has 13 heteroatoms. The Kier molecular flexibility index (Phi) is 6.81. The summed E-state index contributed by atoms with van der Waals surface area (Å²) in [6, 6.07) is 5.07. The van der Waals surface area contributed by atoms with Crippen LogP contribution in [0.25, 0.3) is 11.1 Å². The van der Waals surface area contributed by atoms with Gasteiger partial charge in [0.15, 0.2) is 14.6 Å². The predicted octanol–water partition coefficient (Wildman–Crippen LogP) is 2.25. The number of hydroxylamine groups is 1. The number of ether oxygens (including phenoxy) is 1. The third kappa shape index (κ3) is 5.61. The summed E-state index contributed by atoms with van der Waals surface area (Å²) in [6.45, 7) is 0.680. The van der Waals surface area contributed by atoms with Gasteiger partial charge in [0.05, 0.1) is 0 Å². The third-order valence-corrected chi connectivity index (χ3v) is 6.73. The molecule has 0 aliphatic carbocycles. The second kappa shape index (κ2) is 8.67. The summed E-state index contributed by atoms with van der Waals surface area (Å²) in [5.74, 6) is -2.63. The van der Waals surface area contributed by atoms with Crippen LogP contribution in [0.3, 0.4) is 0 Å². The predicted molar refractivity (Wildman–Crippen MR) is 101 cm³/mol. The van der Waals surface area contributed by atoms with Crippen molar-refractivity contribution in [1.82, 2.24) is 10.0 Å². The van der Waals surface area contributed by atoms with E-state index in [1.54, 1.807) is 0 Å². The summed E-state index contributed by atoms with van der Waals surface area (Å²) in [7, 11) is -4.01. The number of alkyl halides is 3. The number of aromatic nitrogens is 1. The molecule has 31 heavy (non-hydrogen) atoms. The van der Waals surface area contributed by atoms with Crippen molar-refractivity contribution in [2.75, 3.05) is 6.26 Å². The first-order valence-corrected chi connectivity index (χ1v) is 10.5. The number of halogens is 4. The first-order chi connectivity index (χ1) is 14.2. The van der Waals surface area contributed by atoms with Gasteiger partial charge in [0.1, 0.15) is 11.6 Å². The molecule has 2 N–H and O–H groups in total. The SMILES string of the molecule is C[C@@](CCn1cc(F)c(-c2ccc(OC(F)(F)F)cc2)cc1=O)(C(=O)NO)S(C)(=O)=O. The molecule has 0 radical (unpaired) electrons. The Morgan fingerprint density at radius 2 is 1.81 bits per heavy atom. The van der Waals surface area contributed by atoms with Crippen LogP contribution in [0.4, 0.5) is 17.6 Å². The highest BCUT2D eigenvalue weighted by Crippen LogP contribution is 2.27. The molecule has 1 amide bonds. The lowest BCUT2D eigenvalue weighted by Crippen LogP contribution is -2.50. The van der Waals surface area contributed by atoms with E-state index in [0.29, 0.717) is 0 Å². The highest BCUT2D eigenvalue weighted by atomic mass is 32.2. The molecule has 0 bridgehead atoms. The van der Waals surface area contributed by atoms with E-state index >= 15 is 0 Å². The smallest absolute Gasteiger partial charge is 0.406 e. The van der Waals surface area contributed by atoms with E-state index in [0.717, 1.165) is 54.3 Å². The quantitative estimate of drug-likeness (QED) is 0.368. The Hall–Kier alpha value is -2.93. The third-order valence-electron chi connectivity index (χ3n) is 4.71. The lowest BCUT2D eigenvalue weighted by atomic mass is 10.1. The Morgan fingerprint density at radius 1 is 1.23 bits per heavy atom. The van der Waals surface area contributed by atoms with Gasteiger partial charge in [-0.05, 0) is 31.0 Å². The molecule has 0 saturated carbocycles. The molecule has 0 fully saturated rings. The van der Waals surface area contributed by atoms with Crippen LogP contribution in [0, 0.1) is 5.82 Å².